The molecule has 0 saturated carbocycles. The topological polar surface area (TPSA) is 38.1 Å². The Morgan fingerprint density at radius 2 is 1.73 bits per heavy atom. The van der Waals surface area contributed by atoms with Crippen LogP contribution in [0.15, 0.2) is 34.9 Å². The third kappa shape index (κ3) is 4.20. The number of aromatic nitrogens is 1. The Balaban J connectivity index is 2.07. The average Bonchev–Trinajstić information content (AvgIpc) is 2.92. The van der Waals surface area contributed by atoms with Crippen LogP contribution in [0.5, 0.6) is 0 Å². The first-order valence-electron chi connectivity index (χ1n) is 8.26. The van der Waals surface area contributed by atoms with E-state index in [-0.39, 0.29) is 0 Å². The maximum absolute atomic E-state index is 5.13. The molecule has 0 fully saturated rings. The SMILES string of the molecule is CCC(C)c1ccc(C(NCc2cc(C)on2)C(C)C)cc1. The number of aryl methyl sites for hydroxylation is 1. The van der Waals surface area contributed by atoms with E-state index in [0.29, 0.717) is 17.9 Å². The van der Waals surface area contributed by atoms with Crippen LogP contribution in [0.3, 0.4) is 0 Å². The lowest BCUT2D eigenvalue weighted by molar-refractivity contribution is 0.373. The molecule has 0 saturated heterocycles. The van der Waals surface area contributed by atoms with Gasteiger partial charge in [-0.25, -0.2) is 0 Å². The average molecular weight is 300 g/mol. The molecule has 0 radical (unpaired) electrons. The van der Waals surface area contributed by atoms with Crippen LogP contribution < -0.4 is 5.32 Å². The molecule has 2 rings (SSSR count). The summed E-state index contributed by atoms with van der Waals surface area (Å²) in [6, 6.07) is 11.3. The molecule has 22 heavy (non-hydrogen) atoms. The van der Waals surface area contributed by atoms with Crippen molar-refractivity contribution < 1.29 is 4.52 Å². The van der Waals surface area contributed by atoms with Crippen LogP contribution in [-0.2, 0) is 6.54 Å². The van der Waals surface area contributed by atoms with Crippen molar-refractivity contribution in [3.63, 3.8) is 0 Å². The number of nitrogens with one attached hydrogen (secondary N) is 1. The first-order chi connectivity index (χ1) is 10.5. The van der Waals surface area contributed by atoms with Gasteiger partial charge in [0.2, 0.25) is 0 Å². The van der Waals surface area contributed by atoms with Gasteiger partial charge in [-0.3, -0.25) is 0 Å². The van der Waals surface area contributed by atoms with Gasteiger partial charge in [-0.05, 0) is 36.3 Å². The molecule has 2 aromatic rings. The second-order valence-electron chi connectivity index (χ2n) is 6.51. The molecule has 2 atom stereocenters. The van der Waals surface area contributed by atoms with E-state index in [1.165, 1.54) is 17.5 Å². The van der Waals surface area contributed by atoms with Gasteiger partial charge in [-0.15, -0.1) is 0 Å². The Kier molecular flexibility index (Phi) is 5.78. The molecular formula is C19H28N2O. The van der Waals surface area contributed by atoms with E-state index in [9.17, 15) is 0 Å². The highest BCUT2D eigenvalue weighted by molar-refractivity contribution is 5.27. The molecule has 0 bridgehead atoms. The molecule has 0 aliphatic rings. The van der Waals surface area contributed by atoms with Gasteiger partial charge in [0.05, 0.1) is 5.69 Å². The Hall–Kier alpha value is -1.61. The standard InChI is InChI=1S/C19H28N2O/c1-6-14(4)16-7-9-17(10-8-16)19(13(2)3)20-12-18-11-15(5)22-21-18/h7-11,13-14,19-20H,6,12H2,1-5H3. The van der Waals surface area contributed by atoms with Crippen molar-refractivity contribution in [2.45, 2.75) is 59.5 Å². The van der Waals surface area contributed by atoms with Crippen LogP contribution in [0.1, 0.15) is 68.7 Å². The molecule has 1 aromatic heterocycles. The second-order valence-corrected chi connectivity index (χ2v) is 6.51. The van der Waals surface area contributed by atoms with Gasteiger partial charge < -0.3 is 9.84 Å². The minimum Gasteiger partial charge on any atom is -0.361 e. The zero-order valence-electron chi connectivity index (χ0n) is 14.4. The highest BCUT2D eigenvalue weighted by Crippen LogP contribution is 2.25. The quantitative estimate of drug-likeness (QED) is 0.783. The van der Waals surface area contributed by atoms with Crippen LogP contribution in [0.25, 0.3) is 0 Å². The van der Waals surface area contributed by atoms with E-state index < -0.39 is 0 Å². The van der Waals surface area contributed by atoms with Crippen LogP contribution in [-0.4, -0.2) is 5.16 Å². The van der Waals surface area contributed by atoms with E-state index in [1.54, 1.807) is 0 Å². The molecule has 0 amide bonds. The van der Waals surface area contributed by atoms with E-state index in [1.807, 2.05) is 13.0 Å². The fourth-order valence-electron chi connectivity index (χ4n) is 2.72. The van der Waals surface area contributed by atoms with E-state index in [0.717, 1.165) is 18.0 Å². The molecule has 2 unspecified atom stereocenters. The van der Waals surface area contributed by atoms with Crippen molar-refractivity contribution in [1.29, 1.82) is 0 Å². The predicted octanol–water partition coefficient (Wildman–Crippen LogP) is 4.98. The fourth-order valence-corrected chi connectivity index (χ4v) is 2.72. The van der Waals surface area contributed by atoms with Crippen molar-refractivity contribution >= 4 is 0 Å². The number of hydrogen-bond acceptors (Lipinski definition) is 3. The summed E-state index contributed by atoms with van der Waals surface area (Å²) < 4.78 is 5.13. The molecular weight excluding hydrogens is 272 g/mol. The highest BCUT2D eigenvalue weighted by Gasteiger charge is 2.16. The first kappa shape index (κ1) is 16.8. The lowest BCUT2D eigenvalue weighted by atomic mass is 9.92. The molecule has 120 valence electrons. The summed E-state index contributed by atoms with van der Waals surface area (Å²) in [5.41, 5.74) is 3.71. The number of nitrogens with zero attached hydrogens (tertiary/aromatic N) is 1. The van der Waals surface area contributed by atoms with E-state index in [2.05, 4.69) is 62.4 Å². The van der Waals surface area contributed by atoms with Crippen LogP contribution in [0, 0.1) is 12.8 Å². The number of hydrogen-bond donors (Lipinski definition) is 1. The first-order valence-corrected chi connectivity index (χ1v) is 8.26. The molecule has 0 spiro atoms. The second kappa shape index (κ2) is 7.59. The minimum atomic E-state index is 0.322. The normalized spacial score (nSPS) is 14.3. The third-order valence-corrected chi connectivity index (χ3v) is 4.32. The molecule has 0 aliphatic carbocycles. The highest BCUT2D eigenvalue weighted by atomic mass is 16.5. The van der Waals surface area contributed by atoms with Crippen LogP contribution in [0.2, 0.25) is 0 Å². The van der Waals surface area contributed by atoms with E-state index >= 15 is 0 Å². The minimum absolute atomic E-state index is 0.322. The van der Waals surface area contributed by atoms with E-state index in [4.69, 9.17) is 4.52 Å². The van der Waals surface area contributed by atoms with Crippen molar-refractivity contribution in [1.82, 2.24) is 10.5 Å². The molecule has 1 aromatic carbocycles. The van der Waals surface area contributed by atoms with Gasteiger partial charge in [0.15, 0.2) is 0 Å². The number of rotatable bonds is 7. The van der Waals surface area contributed by atoms with Crippen molar-refractivity contribution in [2.75, 3.05) is 0 Å². The lowest BCUT2D eigenvalue weighted by Gasteiger charge is -2.23. The molecule has 0 aliphatic heterocycles. The Labute approximate surface area is 134 Å². The van der Waals surface area contributed by atoms with Crippen molar-refractivity contribution in [2.24, 2.45) is 5.92 Å². The monoisotopic (exact) mass is 300 g/mol. The van der Waals surface area contributed by atoms with Crippen molar-refractivity contribution in [3.05, 3.63) is 52.9 Å². The lowest BCUT2D eigenvalue weighted by Crippen LogP contribution is -2.25. The van der Waals surface area contributed by atoms with Gasteiger partial charge in [-0.1, -0.05) is 57.1 Å². The van der Waals surface area contributed by atoms with Gasteiger partial charge in [0.1, 0.15) is 5.76 Å². The van der Waals surface area contributed by atoms with Gasteiger partial charge in [0.25, 0.3) is 0 Å². The maximum atomic E-state index is 5.13. The molecule has 1 N–H and O–H groups in total. The van der Waals surface area contributed by atoms with Crippen molar-refractivity contribution in [3.8, 4) is 0 Å². The Bertz CT molecular complexity index is 571. The number of benzene rings is 1. The predicted molar refractivity (Wildman–Crippen MR) is 90.8 cm³/mol. The van der Waals surface area contributed by atoms with Gasteiger partial charge >= 0.3 is 0 Å². The van der Waals surface area contributed by atoms with Gasteiger partial charge in [0, 0.05) is 18.7 Å². The maximum Gasteiger partial charge on any atom is 0.133 e. The molecule has 3 heteroatoms. The van der Waals surface area contributed by atoms with Crippen LogP contribution >= 0.6 is 0 Å². The summed E-state index contributed by atoms with van der Waals surface area (Å²) >= 11 is 0. The summed E-state index contributed by atoms with van der Waals surface area (Å²) in [6.45, 7) is 11.6. The van der Waals surface area contributed by atoms with Crippen LogP contribution in [0.4, 0.5) is 0 Å². The smallest absolute Gasteiger partial charge is 0.133 e. The zero-order chi connectivity index (χ0) is 16.1. The summed E-state index contributed by atoms with van der Waals surface area (Å²) in [4.78, 5) is 0. The van der Waals surface area contributed by atoms with Gasteiger partial charge in [-0.2, -0.15) is 0 Å². The zero-order valence-corrected chi connectivity index (χ0v) is 14.4. The fraction of sp³-hybridized carbons (Fsp3) is 0.526. The Morgan fingerprint density at radius 1 is 1.09 bits per heavy atom. The molecule has 3 nitrogen and oxygen atoms in total. The Morgan fingerprint density at radius 3 is 2.23 bits per heavy atom. The largest absolute Gasteiger partial charge is 0.361 e. The molecule has 1 heterocycles. The summed E-state index contributed by atoms with van der Waals surface area (Å²) in [5.74, 6) is 2.00. The third-order valence-electron chi connectivity index (χ3n) is 4.32. The summed E-state index contributed by atoms with van der Waals surface area (Å²) in [5, 5.41) is 7.66. The summed E-state index contributed by atoms with van der Waals surface area (Å²) in [7, 11) is 0. The summed E-state index contributed by atoms with van der Waals surface area (Å²) in [6.07, 6.45) is 1.18.